The van der Waals surface area contributed by atoms with Crippen LogP contribution in [0, 0.1) is 0 Å². The number of hydrogen-bond acceptors (Lipinski definition) is 8. The minimum atomic E-state index is -1.29. The summed E-state index contributed by atoms with van der Waals surface area (Å²) in [6.45, 7) is -0.447. The van der Waals surface area contributed by atoms with Crippen LogP contribution in [0.2, 0.25) is 0 Å². The fraction of sp³-hybridized carbons (Fsp3) is 0.500. The molecule has 0 bridgehead atoms. The van der Waals surface area contributed by atoms with E-state index in [1.54, 1.807) is 0 Å². The Morgan fingerprint density at radius 2 is 2.20 bits per heavy atom. The van der Waals surface area contributed by atoms with Gasteiger partial charge in [0, 0.05) is 0 Å². The van der Waals surface area contributed by atoms with Crippen molar-refractivity contribution in [1.82, 2.24) is 19.5 Å². The number of aromatic amines is 1. The molecule has 10 heteroatoms. The summed E-state index contributed by atoms with van der Waals surface area (Å²) >= 11 is 0. The Labute approximate surface area is 111 Å². The predicted molar refractivity (Wildman–Crippen MR) is 65.6 cm³/mol. The van der Waals surface area contributed by atoms with Crippen molar-refractivity contribution < 1.29 is 20.1 Å². The topological polar surface area (TPSA) is 160 Å². The van der Waals surface area contributed by atoms with Crippen LogP contribution in [0.1, 0.15) is 6.23 Å². The van der Waals surface area contributed by atoms with Gasteiger partial charge in [0.1, 0.15) is 18.3 Å². The normalized spacial score (nSPS) is 30.1. The molecular formula is C10H13N5O5. The first kappa shape index (κ1) is 13.0. The second-order valence-corrected chi connectivity index (χ2v) is 4.50. The lowest BCUT2D eigenvalue weighted by atomic mass is 10.1. The van der Waals surface area contributed by atoms with Crippen molar-refractivity contribution in [2.75, 3.05) is 12.3 Å². The first-order valence-electron chi connectivity index (χ1n) is 5.87. The number of ether oxygens (including phenoxy) is 1. The van der Waals surface area contributed by atoms with E-state index in [0.29, 0.717) is 0 Å². The zero-order valence-electron chi connectivity index (χ0n) is 10.2. The van der Waals surface area contributed by atoms with Gasteiger partial charge in [-0.3, -0.25) is 14.3 Å². The van der Waals surface area contributed by atoms with Crippen LogP contribution < -0.4 is 11.3 Å². The van der Waals surface area contributed by atoms with Gasteiger partial charge in [-0.15, -0.1) is 0 Å². The van der Waals surface area contributed by atoms with E-state index in [1.165, 1.54) is 10.9 Å². The van der Waals surface area contributed by atoms with Gasteiger partial charge in [0.2, 0.25) is 5.95 Å². The molecule has 108 valence electrons. The number of imidazole rings is 1. The fourth-order valence-electron chi connectivity index (χ4n) is 2.24. The first-order chi connectivity index (χ1) is 9.52. The summed E-state index contributed by atoms with van der Waals surface area (Å²) in [7, 11) is 0. The number of H-pyrrole nitrogens is 1. The summed E-state index contributed by atoms with van der Waals surface area (Å²) in [6.07, 6.45) is -3.21. The van der Waals surface area contributed by atoms with E-state index in [2.05, 4.69) is 15.0 Å². The van der Waals surface area contributed by atoms with E-state index in [4.69, 9.17) is 15.6 Å². The quantitative estimate of drug-likeness (QED) is 0.398. The van der Waals surface area contributed by atoms with E-state index in [1.807, 2.05) is 0 Å². The molecule has 0 radical (unpaired) electrons. The summed E-state index contributed by atoms with van der Waals surface area (Å²) in [5.41, 5.74) is 5.12. The fourth-order valence-corrected chi connectivity index (χ4v) is 2.24. The van der Waals surface area contributed by atoms with Crippen molar-refractivity contribution in [1.29, 1.82) is 0 Å². The molecule has 1 aliphatic heterocycles. The largest absolute Gasteiger partial charge is 0.394 e. The molecule has 2 aromatic rings. The van der Waals surface area contributed by atoms with Crippen LogP contribution in [-0.2, 0) is 4.74 Å². The molecule has 1 fully saturated rings. The average Bonchev–Trinajstić information content (AvgIpc) is 2.93. The molecule has 3 rings (SSSR count). The Hall–Kier alpha value is -2.01. The number of nitrogens with one attached hydrogen (secondary N) is 1. The molecule has 0 amide bonds. The molecule has 0 saturated carbocycles. The molecule has 0 aliphatic carbocycles. The number of aromatic nitrogens is 4. The van der Waals surface area contributed by atoms with Crippen molar-refractivity contribution in [2.24, 2.45) is 0 Å². The van der Waals surface area contributed by atoms with Gasteiger partial charge >= 0.3 is 0 Å². The third-order valence-electron chi connectivity index (χ3n) is 3.24. The third kappa shape index (κ3) is 1.78. The molecule has 1 saturated heterocycles. The molecular weight excluding hydrogens is 270 g/mol. The highest BCUT2D eigenvalue weighted by Crippen LogP contribution is 2.30. The zero-order valence-corrected chi connectivity index (χ0v) is 10.2. The van der Waals surface area contributed by atoms with Gasteiger partial charge in [0.25, 0.3) is 5.56 Å². The Balaban J connectivity index is 2.09. The van der Waals surface area contributed by atoms with E-state index in [0.717, 1.165) is 0 Å². The minimum Gasteiger partial charge on any atom is -0.394 e. The molecule has 2 aromatic heterocycles. The van der Waals surface area contributed by atoms with Gasteiger partial charge in [0.15, 0.2) is 17.4 Å². The predicted octanol–water partition coefficient (Wildman–Crippen LogP) is -2.69. The number of nitrogens with zero attached hydrogens (tertiary/aromatic N) is 3. The summed E-state index contributed by atoms with van der Waals surface area (Å²) < 4.78 is 6.64. The van der Waals surface area contributed by atoms with Crippen molar-refractivity contribution in [3.8, 4) is 0 Å². The number of rotatable bonds is 2. The van der Waals surface area contributed by atoms with Gasteiger partial charge in [-0.05, 0) is 0 Å². The molecule has 6 N–H and O–H groups in total. The van der Waals surface area contributed by atoms with E-state index in [-0.39, 0.29) is 17.1 Å². The Morgan fingerprint density at radius 3 is 2.85 bits per heavy atom. The van der Waals surface area contributed by atoms with Crippen molar-refractivity contribution in [3.63, 3.8) is 0 Å². The molecule has 0 aromatic carbocycles. The average molecular weight is 283 g/mol. The Morgan fingerprint density at radius 1 is 1.45 bits per heavy atom. The SMILES string of the molecule is Nc1nc2c(ncn2[C@@H]2O[C@@H](CO)[C@H](O)[C@H]2O)c(=O)[nH]1. The number of hydrogen-bond donors (Lipinski definition) is 5. The maximum Gasteiger partial charge on any atom is 0.280 e. The molecule has 0 unspecified atom stereocenters. The van der Waals surface area contributed by atoms with Crippen LogP contribution in [0.25, 0.3) is 11.2 Å². The number of aliphatic hydroxyl groups is 3. The van der Waals surface area contributed by atoms with Crippen molar-refractivity contribution in [3.05, 3.63) is 16.7 Å². The standard InChI is InChI=1S/C10H13N5O5/c11-10-13-7-4(8(19)14-10)12-2-15(7)9-6(18)5(17)3(1-16)20-9/h2-3,5-6,9,16-18H,1H2,(H3,11,13,14,19)/t3-,5-,6+,9+/m0/s1. The number of nitrogen functional groups attached to an aromatic ring is 1. The monoisotopic (exact) mass is 283 g/mol. The van der Waals surface area contributed by atoms with Gasteiger partial charge in [-0.1, -0.05) is 0 Å². The number of fused-ring (bicyclic) bond motifs is 1. The molecule has 20 heavy (non-hydrogen) atoms. The number of aliphatic hydroxyl groups excluding tert-OH is 3. The van der Waals surface area contributed by atoms with Gasteiger partial charge < -0.3 is 25.8 Å². The molecule has 3 heterocycles. The second-order valence-electron chi connectivity index (χ2n) is 4.50. The van der Waals surface area contributed by atoms with E-state index >= 15 is 0 Å². The number of anilines is 1. The van der Waals surface area contributed by atoms with E-state index in [9.17, 15) is 15.0 Å². The van der Waals surface area contributed by atoms with Crippen LogP contribution in [0.5, 0.6) is 0 Å². The zero-order chi connectivity index (χ0) is 14.4. The highest BCUT2D eigenvalue weighted by atomic mass is 16.6. The molecule has 4 atom stereocenters. The maximum atomic E-state index is 11.7. The van der Waals surface area contributed by atoms with Crippen molar-refractivity contribution in [2.45, 2.75) is 24.5 Å². The highest BCUT2D eigenvalue weighted by molar-refractivity contribution is 5.70. The lowest BCUT2D eigenvalue weighted by Gasteiger charge is -2.16. The lowest BCUT2D eigenvalue weighted by molar-refractivity contribution is -0.0511. The smallest absolute Gasteiger partial charge is 0.280 e. The third-order valence-corrected chi connectivity index (χ3v) is 3.24. The molecule has 10 nitrogen and oxygen atoms in total. The molecule has 1 aliphatic rings. The lowest BCUT2D eigenvalue weighted by Crippen LogP contribution is -2.33. The summed E-state index contributed by atoms with van der Waals surface area (Å²) in [5, 5.41) is 28.7. The second kappa shape index (κ2) is 4.52. The number of nitrogens with two attached hydrogens (primary N) is 1. The van der Waals surface area contributed by atoms with Crippen LogP contribution in [0.3, 0.4) is 0 Å². The minimum absolute atomic E-state index is 0.0388. The van der Waals surface area contributed by atoms with E-state index < -0.39 is 36.7 Å². The summed E-state index contributed by atoms with van der Waals surface area (Å²) in [5.74, 6) is -0.101. The van der Waals surface area contributed by atoms with Crippen molar-refractivity contribution >= 4 is 17.1 Å². The van der Waals surface area contributed by atoms with Gasteiger partial charge in [-0.2, -0.15) is 4.98 Å². The maximum absolute atomic E-state index is 11.7. The van der Waals surface area contributed by atoms with Gasteiger partial charge in [0.05, 0.1) is 12.9 Å². The van der Waals surface area contributed by atoms with Crippen LogP contribution in [-0.4, -0.2) is 59.8 Å². The van der Waals surface area contributed by atoms with Crippen LogP contribution in [0.4, 0.5) is 5.95 Å². The van der Waals surface area contributed by atoms with Gasteiger partial charge in [-0.25, -0.2) is 4.98 Å². The van der Waals surface area contributed by atoms with Crippen LogP contribution >= 0.6 is 0 Å². The molecule has 0 spiro atoms. The Bertz CT molecular complexity index is 697. The first-order valence-corrected chi connectivity index (χ1v) is 5.87. The summed E-state index contributed by atoms with van der Waals surface area (Å²) in [6, 6.07) is 0. The van der Waals surface area contributed by atoms with Crippen LogP contribution in [0.15, 0.2) is 11.1 Å². The summed E-state index contributed by atoms with van der Waals surface area (Å²) in [4.78, 5) is 21.8. The highest BCUT2D eigenvalue weighted by Gasteiger charge is 2.44. The Kier molecular flexibility index (Phi) is 2.94.